The van der Waals surface area contributed by atoms with Crippen LogP contribution in [0.5, 0.6) is 0 Å². The van der Waals surface area contributed by atoms with Crippen molar-refractivity contribution >= 4 is 11.6 Å². The highest BCUT2D eigenvalue weighted by atomic mass is 35.5. The Morgan fingerprint density at radius 3 is 2.71 bits per heavy atom. The van der Waals surface area contributed by atoms with Gasteiger partial charge in [-0.3, -0.25) is 0 Å². The molecule has 0 radical (unpaired) electrons. The van der Waals surface area contributed by atoms with Crippen LogP contribution in [0.1, 0.15) is 12.5 Å². The normalized spacial score (nSPS) is 11.6. The Morgan fingerprint density at radius 1 is 1.24 bits per heavy atom. The molecule has 0 aromatic heterocycles. The smallest absolute Gasteiger partial charge is 0.122 e. The predicted octanol–water partition coefficient (Wildman–Crippen LogP) is 3.06. The first-order valence-electron chi connectivity index (χ1n) is 5.56. The first-order chi connectivity index (χ1) is 8.33. The van der Waals surface area contributed by atoms with Gasteiger partial charge in [-0.05, 0) is 12.5 Å². The highest BCUT2D eigenvalue weighted by Gasteiger charge is 1.97. The lowest BCUT2D eigenvalue weighted by atomic mass is 10.2. The Labute approximate surface area is 108 Å². The van der Waals surface area contributed by atoms with E-state index in [-0.39, 0.29) is 12.0 Å². The van der Waals surface area contributed by atoms with E-state index in [0.29, 0.717) is 19.8 Å². The monoisotopic (exact) mass is 252 g/mol. The summed E-state index contributed by atoms with van der Waals surface area (Å²) in [5.74, 6) is 6.15. The van der Waals surface area contributed by atoms with E-state index in [0.717, 1.165) is 0 Å². The van der Waals surface area contributed by atoms with Gasteiger partial charge in [0.2, 0.25) is 0 Å². The number of ether oxygens (including phenoxy) is 2. The van der Waals surface area contributed by atoms with Crippen LogP contribution in [0.25, 0.3) is 0 Å². The summed E-state index contributed by atoms with van der Waals surface area (Å²) < 4.78 is 10.5. The fraction of sp³-hybridized carbons (Fsp3) is 0.429. The Balaban J connectivity index is 2.15. The standard InChI is InChI=1S/C14H17ClO2/c1-13(6-5-9-16-12-15)10-17-11-14-7-3-2-4-8-14/h2-4,7-8,13H,9-12H2,1H3. The molecule has 0 saturated heterocycles. The molecule has 3 heteroatoms. The second kappa shape index (κ2) is 9.07. The van der Waals surface area contributed by atoms with Gasteiger partial charge in [-0.25, -0.2) is 0 Å². The van der Waals surface area contributed by atoms with Crippen molar-refractivity contribution in [3.63, 3.8) is 0 Å². The van der Waals surface area contributed by atoms with Crippen molar-refractivity contribution in [2.24, 2.45) is 5.92 Å². The van der Waals surface area contributed by atoms with Crippen LogP contribution in [-0.4, -0.2) is 19.3 Å². The van der Waals surface area contributed by atoms with Gasteiger partial charge in [0, 0.05) is 5.92 Å². The van der Waals surface area contributed by atoms with Crippen LogP contribution in [-0.2, 0) is 16.1 Å². The maximum atomic E-state index is 5.57. The molecule has 0 aliphatic heterocycles. The molecule has 1 rings (SSSR count). The van der Waals surface area contributed by atoms with Gasteiger partial charge >= 0.3 is 0 Å². The molecular formula is C14H17ClO2. The third-order valence-electron chi connectivity index (χ3n) is 2.08. The van der Waals surface area contributed by atoms with Crippen LogP contribution in [0.4, 0.5) is 0 Å². The minimum Gasteiger partial charge on any atom is -0.376 e. The van der Waals surface area contributed by atoms with Crippen molar-refractivity contribution < 1.29 is 9.47 Å². The molecule has 1 aromatic rings. The topological polar surface area (TPSA) is 18.5 Å². The number of rotatable bonds is 6. The van der Waals surface area contributed by atoms with Crippen LogP contribution < -0.4 is 0 Å². The van der Waals surface area contributed by atoms with E-state index in [1.165, 1.54) is 5.56 Å². The Kier molecular flexibility index (Phi) is 7.49. The minimum absolute atomic E-state index is 0.188. The number of hydrogen-bond donors (Lipinski definition) is 0. The SMILES string of the molecule is CC(C#CCOCCl)COCc1ccccc1. The zero-order valence-corrected chi connectivity index (χ0v) is 10.7. The average Bonchev–Trinajstić information content (AvgIpc) is 2.36. The highest BCUT2D eigenvalue weighted by Crippen LogP contribution is 2.02. The molecule has 17 heavy (non-hydrogen) atoms. The van der Waals surface area contributed by atoms with Gasteiger partial charge in [-0.1, -0.05) is 53.8 Å². The second-order valence-electron chi connectivity index (χ2n) is 3.68. The van der Waals surface area contributed by atoms with Crippen LogP contribution in [0.2, 0.25) is 0 Å². The fourth-order valence-electron chi connectivity index (χ4n) is 1.27. The van der Waals surface area contributed by atoms with Crippen molar-refractivity contribution in [3.8, 4) is 11.8 Å². The molecule has 1 aromatic carbocycles. The van der Waals surface area contributed by atoms with Crippen molar-refractivity contribution in [2.45, 2.75) is 13.5 Å². The summed E-state index contributed by atoms with van der Waals surface area (Å²) >= 11 is 5.35. The molecule has 0 spiro atoms. The molecule has 1 unspecified atom stereocenters. The molecule has 0 aliphatic carbocycles. The third-order valence-corrected chi connectivity index (χ3v) is 2.23. The predicted molar refractivity (Wildman–Crippen MR) is 69.7 cm³/mol. The maximum Gasteiger partial charge on any atom is 0.122 e. The molecule has 0 bridgehead atoms. The summed E-state index contributed by atoms with van der Waals surface area (Å²) in [6.07, 6.45) is 0. The van der Waals surface area contributed by atoms with E-state index < -0.39 is 0 Å². The van der Waals surface area contributed by atoms with Gasteiger partial charge in [0.1, 0.15) is 12.7 Å². The number of halogens is 1. The maximum absolute atomic E-state index is 5.57. The summed E-state index contributed by atoms with van der Waals surface area (Å²) in [6.45, 7) is 3.67. The zero-order chi connectivity index (χ0) is 12.3. The molecule has 0 fully saturated rings. The molecule has 0 N–H and O–H groups in total. The van der Waals surface area contributed by atoms with Crippen molar-refractivity contribution in [1.82, 2.24) is 0 Å². The average molecular weight is 253 g/mol. The fourth-order valence-corrected chi connectivity index (χ4v) is 1.35. The Bertz CT molecular complexity index is 353. The Morgan fingerprint density at radius 2 is 2.00 bits per heavy atom. The highest BCUT2D eigenvalue weighted by molar-refractivity contribution is 6.17. The first-order valence-corrected chi connectivity index (χ1v) is 6.10. The van der Waals surface area contributed by atoms with Crippen molar-refractivity contribution in [1.29, 1.82) is 0 Å². The summed E-state index contributed by atoms with van der Waals surface area (Å²) in [5, 5.41) is 0. The van der Waals surface area contributed by atoms with E-state index in [2.05, 4.69) is 11.8 Å². The van der Waals surface area contributed by atoms with E-state index in [9.17, 15) is 0 Å². The van der Waals surface area contributed by atoms with Crippen LogP contribution in [0.15, 0.2) is 30.3 Å². The second-order valence-corrected chi connectivity index (χ2v) is 3.90. The van der Waals surface area contributed by atoms with Gasteiger partial charge in [0.15, 0.2) is 0 Å². The number of benzene rings is 1. The van der Waals surface area contributed by atoms with Gasteiger partial charge in [0.05, 0.1) is 13.2 Å². The molecule has 92 valence electrons. The van der Waals surface area contributed by atoms with E-state index >= 15 is 0 Å². The largest absolute Gasteiger partial charge is 0.376 e. The van der Waals surface area contributed by atoms with Crippen molar-refractivity contribution in [3.05, 3.63) is 35.9 Å². The molecule has 0 aliphatic rings. The molecule has 0 saturated carbocycles. The lowest BCUT2D eigenvalue weighted by Crippen LogP contribution is -2.04. The number of alkyl halides is 1. The van der Waals surface area contributed by atoms with E-state index in [1.54, 1.807) is 0 Å². The van der Waals surface area contributed by atoms with Crippen LogP contribution >= 0.6 is 11.6 Å². The molecular weight excluding hydrogens is 236 g/mol. The third kappa shape index (κ3) is 7.01. The Hall–Kier alpha value is -1.01. The van der Waals surface area contributed by atoms with E-state index in [4.69, 9.17) is 21.1 Å². The molecule has 1 atom stereocenters. The summed E-state index contributed by atoms with van der Waals surface area (Å²) in [5.41, 5.74) is 1.18. The van der Waals surface area contributed by atoms with Gasteiger partial charge in [0.25, 0.3) is 0 Å². The summed E-state index contributed by atoms with van der Waals surface area (Å²) in [6, 6.07) is 10.3. The lowest BCUT2D eigenvalue weighted by molar-refractivity contribution is 0.106. The number of hydrogen-bond acceptors (Lipinski definition) is 2. The molecule has 2 nitrogen and oxygen atoms in total. The van der Waals surface area contributed by atoms with Crippen molar-refractivity contribution in [2.75, 3.05) is 19.3 Å². The quantitative estimate of drug-likeness (QED) is 0.440. The van der Waals surface area contributed by atoms with Crippen LogP contribution in [0.3, 0.4) is 0 Å². The lowest BCUT2D eigenvalue weighted by Gasteiger charge is -2.06. The summed E-state index contributed by atoms with van der Waals surface area (Å²) in [4.78, 5) is 0. The van der Waals surface area contributed by atoms with Crippen LogP contribution in [0, 0.1) is 17.8 Å². The van der Waals surface area contributed by atoms with Gasteiger partial charge in [-0.2, -0.15) is 0 Å². The molecule has 0 heterocycles. The minimum atomic E-state index is 0.188. The van der Waals surface area contributed by atoms with E-state index in [1.807, 2.05) is 37.3 Å². The summed E-state index contributed by atoms with van der Waals surface area (Å²) in [7, 11) is 0. The zero-order valence-electron chi connectivity index (χ0n) is 9.99. The molecule has 0 amide bonds. The van der Waals surface area contributed by atoms with Gasteiger partial charge in [-0.15, -0.1) is 0 Å². The first kappa shape index (κ1) is 14.1. The van der Waals surface area contributed by atoms with Gasteiger partial charge < -0.3 is 9.47 Å².